The van der Waals surface area contributed by atoms with E-state index in [-0.39, 0.29) is 24.3 Å². The highest BCUT2D eigenvalue weighted by Crippen LogP contribution is 2.20. The van der Waals surface area contributed by atoms with E-state index in [0.717, 1.165) is 0 Å². The van der Waals surface area contributed by atoms with Crippen LogP contribution in [0.3, 0.4) is 0 Å². The normalized spacial score (nSPS) is 10.7. The van der Waals surface area contributed by atoms with Crippen LogP contribution in [0.25, 0.3) is 0 Å². The van der Waals surface area contributed by atoms with Crippen LogP contribution in [0.4, 0.5) is 5.69 Å². The molecule has 0 unspecified atom stereocenters. The number of hydrogen-bond donors (Lipinski definition) is 1. The minimum Gasteiger partial charge on any atom is -0.462 e. The molecule has 1 aromatic heterocycles. The Morgan fingerprint density at radius 2 is 2.08 bits per heavy atom. The molecule has 1 amide bonds. The SMILES string of the molecule is CCOC(=O)c1ccccc1NC(=O)CSc1nncn1C(C)C. The highest BCUT2D eigenvalue weighted by atomic mass is 32.2. The standard InChI is InChI=1S/C16H20N4O3S/c1-4-23-15(22)12-7-5-6-8-13(12)18-14(21)9-24-16-19-17-10-20(16)11(2)3/h5-8,10-11H,4,9H2,1-3H3,(H,18,21). The number of nitrogens with zero attached hydrogens (tertiary/aromatic N) is 3. The topological polar surface area (TPSA) is 86.1 Å². The summed E-state index contributed by atoms with van der Waals surface area (Å²) in [5.41, 5.74) is 0.773. The van der Waals surface area contributed by atoms with E-state index >= 15 is 0 Å². The molecule has 24 heavy (non-hydrogen) atoms. The smallest absolute Gasteiger partial charge is 0.340 e. The second-order valence-corrected chi connectivity index (χ2v) is 6.16. The first-order chi connectivity index (χ1) is 11.5. The number of carbonyl (C=O) groups excluding carboxylic acids is 2. The summed E-state index contributed by atoms with van der Waals surface area (Å²) in [6.45, 7) is 6.05. The van der Waals surface area contributed by atoms with Gasteiger partial charge in [-0.25, -0.2) is 4.79 Å². The van der Waals surface area contributed by atoms with Crippen LogP contribution >= 0.6 is 11.8 Å². The zero-order valence-corrected chi connectivity index (χ0v) is 14.7. The molecule has 1 N–H and O–H groups in total. The average molecular weight is 348 g/mol. The molecule has 2 rings (SSSR count). The predicted octanol–water partition coefficient (Wildman–Crippen LogP) is 2.77. The van der Waals surface area contributed by atoms with E-state index in [0.29, 0.717) is 16.4 Å². The van der Waals surface area contributed by atoms with E-state index in [9.17, 15) is 9.59 Å². The number of anilines is 1. The molecule has 0 saturated carbocycles. The van der Waals surface area contributed by atoms with Gasteiger partial charge >= 0.3 is 5.97 Å². The maximum atomic E-state index is 12.2. The second-order valence-electron chi connectivity index (χ2n) is 5.22. The van der Waals surface area contributed by atoms with Gasteiger partial charge in [-0.3, -0.25) is 4.79 Å². The molecule has 0 atom stereocenters. The van der Waals surface area contributed by atoms with E-state index < -0.39 is 5.97 Å². The first-order valence-electron chi connectivity index (χ1n) is 7.61. The fourth-order valence-electron chi connectivity index (χ4n) is 1.98. The Kier molecular flexibility index (Phi) is 6.36. The molecule has 0 aliphatic carbocycles. The van der Waals surface area contributed by atoms with Crippen molar-refractivity contribution in [2.24, 2.45) is 0 Å². The van der Waals surface area contributed by atoms with Crippen LogP contribution in [0.15, 0.2) is 35.7 Å². The number of para-hydroxylation sites is 1. The predicted molar refractivity (Wildman–Crippen MR) is 92.2 cm³/mol. The van der Waals surface area contributed by atoms with Gasteiger partial charge in [0.05, 0.1) is 23.6 Å². The maximum Gasteiger partial charge on any atom is 0.340 e. The lowest BCUT2D eigenvalue weighted by Crippen LogP contribution is -2.17. The first kappa shape index (κ1) is 18.0. The number of aromatic nitrogens is 3. The van der Waals surface area contributed by atoms with Crippen LogP contribution in [-0.4, -0.2) is 39.0 Å². The van der Waals surface area contributed by atoms with E-state index in [1.54, 1.807) is 37.5 Å². The summed E-state index contributed by atoms with van der Waals surface area (Å²) in [6, 6.07) is 6.99. The van der Waals surface area contributed by atoms with E-state index in [1.165, 1.54) is 11.8 Å². The molecular formula is C16H20N4O3S. The Morgan fingerprint density at radius 3 is 2.79 bits per heavy atom. The van der Waals surface area contributed by atoms with Gasteiger partial charge in [0.1, 0.15) is 6.33 Å². The summed E-state index contributed by atoms with van der Waals surface area (Å²) >= 11 is 1.30. The third kappa shape index (κ3) is 4.58. The Balaban J connectivity index is 2.00. The van der Waals surface area contributed by atoms with Crippen molar-refractivity contribution in [3.63, 3.8) is 0 Å². The van der Waals surface area contributed by atoms with Crippen molar-refractivity contribution in [1.29, 1.82) is 0 Å². The molecule has 0 radical (unpaired) electrons. The molecule has 0 aliphatic heterocycles. The van der Waals surface area contributed by atoms with Gasteiger partial charge in [0.2, 0.25) is 5.91 Å². The molecular weight excluding hydrogens is 328 g/mol. The third-order valence-corrected chi connectivity index (χ3v) is 4.08. The van der Waals surface area contributed by atoms with Crippen molar-refractivity contribution in [1.82, 2.24) is 14.8 Å². The molecule has 2 aromatic rings. The molecule has 1 aromatic carbocycles. The fraction of sp³-hybridized carbons (Fsp3) is 0.375. The van der Waals surface area contributed by atoms with Crippen molar-refractivity contribution >= 4 is 29.3 Å². The summed E-state index contributed by atoms with van der Waals surface area (Å²) in [4.78, 5) is 24.1. The van der Waals surface area contributed by atoms with Crippen molar-refractivity contribution < 1.29 is 14.3 Å². The highest BCUT2D eigenvalue weighted by Gasteiger charge is 2.15. The van der Waals surface area contributed by atoms with Gasteiger partial charge in [-0.05, 0) is 32.9 Å². The lowest BCUT2D eigenvalue weighted by atomic mass is 10.2. The molecule has 8 heteroatoms. The van der Waals surface area contributed by atoms with Gasteiger partial charge in [0.25, 0.3) is 0 Å². The molecule has 128 valence electrons. The van der Waals surface area contributed by atoms with Crippen LogP contribution in [0.5, 0.6) is 0 Å². The first-order valence-corrected chi connectivity index (χ1v) is 8.59. The summed E-state index contributed by atoms with van der Waals surface area (Å²) in [7, 11) is 0. The number of amides is 1. The van der Waals surface area contributed by atoms with Crippen LogP contribution < -0.4 is 5.32 Å². The number of hydrogen-bond acceptors (Lipinski definition) is 6. The number of thioether (sulfide) groups is 1. The lowest BCUT2D eigenvalue weighted by Gasteiger charge is -2.11. The van der Waals surface area contributed by atoms with Crippen molar-refractivity contribution in [3.8, 4) is 0 Å². The molecule has 0 bridgehead atoms. The van der Waals surface area contributed by atoms with Crippen LogP contribution in [0.2, 0.25) is 0 Å². The number of esters is 1. The largest absolute Gasteiger partial charge is 0.462 e. The van der Waals surface area contributed by atoms with Crippen molar-refractivity contribution in [2.75, 3.05) is 17.7 Å². The minimum atomic E-state index is -0.458. The zero-order valence-electron chi connectivity index (χ0n) is 13.9. The van der Waals surface area contributed by atoms with Crippen molar-refractivity contribution in [2.45, 2.75) is 32.0 Å². The minimum absolute atomic E-state index is 0.169. The molecule has 0 fully saturated rings. The third-order valence-electron chi connectivity index (χ3n) is 3.13. The summed E-state index contributed by atoms with van der Waals surface area (Å²) in [6.07, 6.45) is 1.64. The molecule has 0 spiro atoms. The van der Waals surface area contributed by atoms with Gasteiger partial charge in [-0.2, -0.15) is 0 Å². The van der Waals surface area contributed by atoms with Crippen LogP contribution in [0, 0.1) is 0 Å². The van der Waals surface area contributed by atoms with Gasteiger partial charge in [-0.15, -0.1) is 10.2 Å². The number of carbonyl (C=O) groups is 2. The lowest BCUT2D eigenvalue weighted by molar-refractivity contribution is -0.113. The summed E-state index contributed by atoms with van der Waals surface area (Å²) in [5.74, 6) is -0.515. The van der Waals surface area contributed by atoms with E-state index in [1.807, 2.05) is 18.4 Å². The average Bonchev–Trinajstić information content (AvgIpc) is 3.02. The molecule has 7 nitrogen and oxygen atoms in total. The van der Waals surface area contributed by atoms with Gasteiger partial charge in [-0.1, -0.05) is 23.9 Å². The quantitative estimate of drug-likeness (QED) is 0.612. The Bertz CT molecular complexity index is 715. The fourth-order valence-corrected chi connectivity index (χ4v) is 2.83. The van der Waals surface area contributed by atoms with Gasteiger partial charge in [0.15, 0.2) is 5.16 Å². The monoisotopic (exact) mass is 348 g/mol. The van der Waals surface area contributed by atoms with E-state index in [4.69, 9.17) is 4.74 Å². The van der Waals surface area contributed by atoms with Crippen LogP contribution in [0.1, 0.15) is 37.2 Å². The van der Waals surface area contributed by atoms with Crippen molar-refractivity contribution in [3.05, 3.63) is 36.2 Å². The highest BCUT2D eigenvalue weighted by molar-refractivity contribution is 7.99. The van der Waals surface area contributed by atoms with Gasteiger partial charge < -0.3 is 14.6 Å². The number of benzene rings is 1. The Morgan fingerprint density at radius 1 is 1.33 bits per heavy atom. The Hall–Kier alpha value is -2.35. The summed E-state index contributed by atoms with van der Waals surface area (Å²) < 4.78 is 6.89. The molecule has 0 aliphatic rings. The maximum absolute atomic E-state index is 12.2. The zero-order chi connectivity index (χ0) is 17.5. The molecule has 1 heterocycles. The Labute approximate surface area is 144 Å². The second kappa shape index (κ2) is 8.49. The van der Waals surface area contributed by atoms with E-state index in [2.05, 4.69) is 15.5 Å². The van der Waals surface area contributed by atoms with Crippen LogP contribution in [-0.2, 0) is 9.53 Å². The summed E-state index contributed by atoms with van der Waals surface area (Å²) in [5, 5.41) is 11.3. The molecule has 0 saturated heterocycles. The number of nitrogens with one attached hydrogen (secondary N) is 1. The van der Waals surface area contributed by atoms with Gasteiger partial charge in [0, 0.05) is 6.04 Å². The number of ether oxygens (including phenoxy) is 1. The number of rotatable bonds is 7.